The second kappa shape index (κ2) is 5.49. The number of rotatable bonds is 4. The third-order valence-corrected chi connectivity index (χ3v) is 3.76. The third-order valence-electron chi connectivity index (χ3n) is 3.76. The van der Waals surface area contributed by atoms with E-state index in [0.717, 1.165) is 12.1 Å². The average molecular weight is 310 g/mol. The van der Waals surface area contributed by atoms with Gasteiger partial charge >= 0.3 is 11.9 Å². The fraction of sp³-hybridized carbons (Fsp3) is 0.333. The van der Waals surface area contributed by atoms with E-state index in [0.29, 0.717) is 6.07 Å². The van der Waals surface area contributed by atoms with Crippen LogP contribution in [-0.4, -0.2) is 29.3 Å². The molecule has 3 rings (SSSR count). The summed E-state index contributed by atoms with van der Waals surface area (Å²) in [6.45, 7) is -0.336. The van der Waals surface area contributed by atoms with Gasteiger partial charge in [0.1, 0.15) is 30.1 Å². The Balaban J connectivity index is 1.69. The van der Waals surface area contributed by atoms with E-state index in [1.165, 1.54) is 0 Å². The molecule has 116 valence electrons. The number of carbonyl (C=O) groups is 2. The molecule has 2 heterocycles. The predicted octanol–water partition coefficient (Wildman–Crippen LogP) is 1.66. The number of benzene rings is 1. The Labute approximate surface area is 124 Å². The summed E-state index contributed by atoms with van der Waals surface area (Å²) in [4.78, 5) is 23.4. The number of carboxylic acid groups (broad SMARTS) is 1. The van der Waals surface area contributed by atoms with E-state index < -0.39 is 47.6 Å². The van der Waals surface area contributed by atoms with Crippen LogP contribution in [-0.2, 0) is 25.7 Å². The fourth-order valence-corrected chi connectivity index (χ4v) is 2.83. The van der Waals surface area contributed by atoms with Gasteiger partial charge in [-0.2, -0.15) is 0 Å². The van der Waals surface area contributed by atoms with Crippen molar-refractivity contribution in [1.29, 1.82) is 0 Å². The average Bonchev–Trinajstić information content (AvgIpc) is 3.04. The highest BCUT2D eigenvalue weighted by molar-refractivity contribution is 5.84. The Morgan fingerprint density at radius 3 is 2.27 bits per heavy atom. The van der Waals surface area contributed by atoms with Crippen LogP contribution < -0.4 is 0 Å². The first kappa shape index (κ1) is 14.6. The van der Waals surface area contributed by atoms with Crippen LogP contribution in [0.3, 0.4) is 0 Å². The summed E-state index contributed by atoms with van der Waals surface area (Å²) in [6, 6.07) is 2.80. The van der Waals surface area contributed by atoms with Crippen molar-refractivity contribution in [2.24, 2.45) is 11.8 Å². The summed E-state index contributed by atoms with van der Waals surface area (Å²) in [5, 5.41) is 9.19. The lowest BCUT2D eigenvalue weighted by Gasteiger charge is -2.20. The molecule has 22 heavy (non-hydrogen) atoms. The number of fused-ring (bicyclic) bond motifs is 2. The van der Waals surface area contributed by atoms with Gasteiger partial charge in [-0.15, -0.1) is 0 Å². The summed E-state index contributed by atoms with van der Waals surface area (Å²) in [5.41, 5.74) is 0.150. The van der Waals surface area contributed by atoms with E-state index in [4.69, 9.17) is 9.47 Å². The highest BCUT2D eigenvalue weighted by atomic mass is 19.1. The molecule has 1 aromatic rings. The topological polar surface area (TPSA) is 72.8 Å². The van der Waals surface area contributed by atoms with Crippen LogP contribution in [0.1, 0.15) is 5.56 Å². The highest BCUT2D eigenvalue weighted by Crippen LogP contribution is 2.40. The molecule has 0 spiro atoms. The zero-order valence-electron chi connectivity index (χ0n) is 11.2. The minimum Gasteiger partial charge on any atom is -0.481 e. The zero-order valence-corrected chi connectivity index (χ0v) is 11.2. The van der Waals surface area contributed by atoms with Crippen LogP contribution in [0.4, 0.5) is 8.78 Å². The Hall–Kier alpha value is -2.28. The Morgan fingerprint density at radius 1 is 1.09 bits per heavy atom. The zero-order chi connectivity index (χ0) is 15.9. The number of carbonyl (C=O) groups excluding carboxylic acids is 1. The minimum atomic E-state index is -1.14. The molecular weight excluding hydrogens is 298 g/mol. The first-order chi connectivity index (χ1) is 10.5. The highest BCUT2D eigenvalue weighted by Gasteiger charge is 2.54. The predicted molar refractivity (Wildman–Crippen MR) is 68.6 cm³/mol. The van der Waals surface area contributed by atoms with Crippen molar-refractivity contribution in [2.75, 3.05) is 0 Å². The van der Waals surface area contributed by atoms with Crippen molar-refractivity contribution in [2.45, 2.75) is 18.8 Å². The van der Waals surface area contributed by atoms with Gasteiger partial charge < -0.3 is 14.6 Å². The van der Waals surface area contributed by atoms with Crippen LogP contribution >= 0.6 is 0 Å². The van der Waals surface area contributed by atoms with Gasteiger partial charge in [0.25, 0.3) is 0 Å². The summed E-state index contributed by atoms with van der Waals surface area (Å²) >= 11 is 0. The van der Waals surface area contributed by atoms with E-state index in [1.807, 2.05) is 0 Å². The number of hydrogen-bond acceptors (Lipinski definition) is 4. The SMILES string of the molecule is O=C(O)C1C2C=CC(O2)C1C(=O)OCc1cc(F)cc(F)c1. The maximum atomic E-state index is 13.1. The molecule has 0 amide bonds. The lowest BCUT2D eigenvalue weighted by molar-refractivity contribution is -0.157. The van der Waals surface area contributed by atoms with Crippen LogP contribution in [0.2, 0.25) is 0 Å². The molecule has 7 heteroatoms. The van der Waals surface area contributed by atoms with Gasteiger partial charge in [-0.1, -0.05) is 12.2 Å². The summed E-state index contributed by atoms with van der Waals surface area (Å²) in [7, 11) is 0. The molecule has 1 aromatic carbocycles. The van der Waals surface area contributed by atoms with Gasteiger partial charge in [0, 0.05) is 6.07 Å². The van der Waals surface area contributed by atoms with Crippen LogP contribution in [0.25, 0.3) is 0 Å². The number of aliphatic carboxylic acids is 1. The third kappa shape index (κ3) is 2.59. The van der Waals surface area contributed by atoms with E-state index in [-0.39, 0.29) is 12.2 Å². The number of esters is 1. The van der Waals surface area contributed by atoms with Gasteiger partial charge in [-0.05, 0) is 17.7 Å². The van der Waals surface area contributed by atoms with Crippen molar-refractivity contribution in [3.63, 3.8) is 0 Å². The first-order valence-corrected chi connectivity index (χ1v) is 6.64. The maximum absolute atomic E-state index is 13.1. The number of hydrogen-bond donors (Lipinski definition) is 1. The molecule has 4 unspecified atom stereocenters. The Morgan fingerprint density at radius 2 is 1.68 bits per heavy atom. The second-order valence-electron chi connectivity index (χ2n) is 5.23. The molecule has 2 aliphatic rings. The molecule has 1 fully saturated rings. The van der Waals surface area contributed by atoms with E-state index in [1.54, 1.807) is 12.2 Å². The Kier molecular flexibility index (Phi) is 3.66. The molecule has 1 saturated heterocycles. The van der Waals surface area contributed by atoms with Crippen LogP contribution in [0, 0.1) is 23.5 Å². The standard InChI is InChI=1S/C15H12F2O5/c16-8-3-7(4-9(17)5-8)6-21-15(20)13-11-2-1-10(22-11)12(13)14(18)19/h1-5,10-13H,6H2,(H,18,19). The molecule has 0 saturated carbocycles. The summed E-state index contributed by atoms with van der Waals surface area (Å²) in [6.07, 6.45) is 1.95. The molecule has 0 aliphatic carbocycles. The lowest BCUT2D eigenvalue weighted by Crippen LogP contribution is -2.37. The molecular formula is C15H12F2O5. The normalized spacial score (nSPS) is 28.8. The quantitative estimate of drug-likeness (QED) is 0.676. The molecule has 2 bridgehead atoms. The van der Waals surface area contributed by atoms with Gasteiger partial charge in [0.15, 0.2) is 0 Å². The Bertz CT molecular complexity index is 637. The van der Waals surface area contributed by atoms with Gasteiger partial charge in [0.05, 0.1) is 12.2 Å². The largest absolute Gasteiger partial charge is 0.481 e. The van der Waals surface area contributed by atoms with Crippen LogP contribution in [0.15, 0.2) is 30.4 Å². The molecule has 4 atom stereocenters. The second-order valence-corrected chi connectivity index (χ2v) is 5.23. The number of halogens is 2. The number of ether oxygens (including phenoxy) is 2. The summed E-state index contributed by atoms with van der Waals surface area (Å²) in [5.74, 6) is -5.41. The van der Waals surface area contributed by atoms with E-state index >= 15 is 0 Å². The van der Waals surface area contributed by atoms with Crippen LogP contribution in [0.5, 0.6) is 0 Å². The van der Waals surface area contributed by atoms with Gasteiger partial charge in [-0.3, -0.25) is 9.59 Å². The molecule has 0 aromatic heterocycles. The number of carboxylic acids is 1. The minimum absolute atomic E-state index is 0.150. The smallest absolute Gasteiger partial charge is 0.313 e. The van der Waals surface area contributed by atoms with E-state index in [9.17, 15) is 23.5 Å². The maximum Gasteiger partial charge on any atom is 0.313 e. The summed E-state index contributed by atoms with van der Waals surface area (Å²) < 4.78 is 36.5. The monoisotopic (exact) mass is 310 g/mol. The van der Waals surface area contributed by atoms with Crippen molar-refractivity contribution in [1.82, 2.24) is 0 Å². The lowest BCUT2D eigenvalue weighted by atomic mass is 9.83. The molecule has 5 nitrogen and oxygen atoms in total. The van der Waals surface area contributed by atoms with E-state index in [2.05, 4.69) is 0 Å². The molecule has 0 radical (unpaired) electrons. The van der Waals surface area contributed by atoms with Crippen molar-refractivity contribution in [3.05, 3.63) is 47.5 Å². The van der Waals surface area contributed by atoms with Crippen molar-refractivity contribution < 1.29 is 33.0 Å². The molecule has 1 N–H and O–H groups in total. The van der Waals surface area contributed by atoms with Gasteiger partial charge in [0.2, 0.25) is 0 Å². The fourth-order valence-electron chi connectivity index (χ4n) is 2.83. The van der Waals surface area contributed by atoms with Crippen molar-refractivity contribution in [3.8, 4) is 0 Å². The van der Waals surface area contributed by atoms with Gasteiger partial charge in [-0.25, -0.2) is 8.78 Å². The first-order valence-electron chi connectivity index (χ1n) is 6.64. The molecule has 2 aliphatic heterocycles. The van der Waals surface area contributed by atoms with Crippen molar-refractivity contribution >= 4 is 11.9 Å².